The predicted molar refractivity (Wildman–Crippen MR) is 99.7 cm³/mol. The molecule has 24 heavy (non-hydrogen) atoms. The lowest BCUT2D eigenvalue weighted by molar-refractivity contribution is -0.156. The van der Waals surface area contributed by atoms with Crippen molar-refractivity contribution in [3.05, 3.63) is 0 Å². The molecule has 0 atom stereocenters. The molecule has 0 radical (unpaired) electrons. The van der Waals surface area contributed by atoms with Crippen molar-refractivity contribution in [3.8, 4) is 0 Å². The van der Waals surface area contributed by atoms with Gasteiger partial charge in [0, 0.05) is 5.75 Å². The fraction of sp³-hybridized carbons (Fsp3) is 0.938. The van der Waals surface area contributed by atoms with Crippen molar-refractivity contribution in [1.82, 2.24) is 0 Å². The van der Waals surface area contributed by atoms with Crippen LogP contribution in [0.25, 0.3) is 0 Å². The molecule has 144 valence electrons. The number of esters is 1. The summed E-state index contributed by atoms with van der Waals surface area (Å²) in [4.78, 5) is 11.4. The second-order valence-electron chi connectivity index (χ2n) is 5.77. The smallest absolute Gasteiger partial charge is 0.308 e. The lowest BCUT2D eigenvalue weighted by Crippen LogP contribution is -2.24. The number of hydrogen-bond acceptors (Lipinski definition) is 8. The van der Waals surface area contributed by atoms with Crippen molar-refractivity contribution in [3.63, 3.8) is 0 Å². The lowest BCUT2D eigenvalue weighted by atomic mass is 10.2. The molecular weight excluding hydrogens is 352 g/mol. The van der Waals surface area contributed by atoms with E-state index in [0.29, 0.717) is 46.2 Å². The molecule has 0 fully saturated rings. The molecule has 0 spiro atoms. The summed E-state index contributed by atoms with van der Waals surface area (Å²) in [5.41, 5.74) is -0.446. The Morgan fingerprint density at radius 3 is 1.71 bits per heavy atom. The van der Waals surface area contributed by atoms with Gasteiger partial charge in [0.05, 0.1) is 59.3 Å². The highest BCUT2D eigenvalue weighted by Crippen LogP contribution is 2.15. The Balaban J connectivity index is 3.14. The van der Waals surface area contributed by atoms with Crippen LogP contribution in [0.3, 0.4) is 0 Å². The van der Waals surface area contributed by atoms with Crippen LogP contribution in [-0.2, 0) is 28.5 Å². The Morgan fingerprint density at radius 2 is 1.25 bits per heavy atom. The average Bonchev–Trinajstić information content (AvgIpc) is 2.49. The van der Waals surface area contributed by atoms with Crippen LogP contribution in [0.4, 0.5) is 0 Å². The van der Waals surface area contributed by atoms with E-state index < -0.39 is 5.60 Å². The normalized spacial score (nSPS) is 11.7. The van der Waals surface area contributed by atoms with E-state index >= 15 is 0 Å². The van der Waals surface area contributed by atoms with Gasteiger partial charge in [-0.15, -0.1) is 0 Å². The molecule has 8 heteroatoms. The molecule has 0 aliphatic carbocycles. The van der Waals surface area contributed by atoms with Crippen molar-refractivity contribution in [2.45, 2.75) is 32.8 Å². The van der Waals surface area contributed by atoms with Gasteiger partial charge < -0.3 is 23.7 Å². The second kappa shape index (κ2) is 16.5. The van der Waals surface area contributed by atoms with Gasteiger partial charge in [-0.1, -0.05) is 21.6 Å². The largest absolute Gasteiger partial charge is 0.460 e. The quantitative estimate of drug-likeness (QED) is 0.229. The highest BCUT2D eigenvalue weighted by molar-refractivity contribution is 8.76. The van der Waals surface area contributed by atoms with E-state index in [0.717, 1.165) is 12.4 Å². The molecule has 0 aliphatic rings. The van der Waals surface area contributed by atoms with Crippen LogP contribution in [0.2, 0.25) is 0 Å². The minimum atomic E-state index is -0.446. The first-order valence-electron chi connectivity index (χ1n) is 8.14. The van der Waals surface area contributed by atoms with Crippen LogP contribution in [0.1, 0.15) is 27.2 Å². The van der Waals surface area contributed by atoms with Crippen LogP contribution >= 0.6 is 21.6 Å². The summed E-state index contributed by atoms with van der Waals surface area (Å²) in [6, 6.07) is 0. The fourth-order valence-corrected chi connectivity index (χ4v) is 2.54. The van der Waals surface area contributed by atoms with Crippen LogP contribution < -0.4 is 0 Å². The van der Waals surface area contributed by atoms with Crippen LogP contribution in [0.5, 0.6) is 0 Å². The minimum Gasteiger partial charge on any atom is -0.460 e. The van der Waals surface area contributed by atoms with E-state index in [9.17, 15) is 4.79 Å². The van der Waals surface area contributed by atoms with E-state index in [1.807, 2.05) is 20.8 Å². The summed E-state index contributed by atoms with van der Waals surface area (Å²) in [5, 5.41) is 0. The average molecular weight is 385 g/mol. The van der Waals surface area contributed by atoms with E-state index in [1.165, 1.54) is 0 Å². The van der Waals surface area contributed by atoms with Gasteiger partial charge in [0.2, 0.25) is 0 Å². The molecule has 0 rings (SSSR count). The molecule has 0 saturated carbocycles. The molecule has 0 aromatic carbocycles. The van der Waals surface area contributed by atoms with Crippen LogP contribution in [-0.4, -0.2) is 76.4 Å². The second-order valence-corrected chi connectivity index (χ2v) is 8.46. The number of carbonyl (C=O) groups excluding carboxylic acids is 1. The summed E-state index contributed by atoms with van der Waals surface area (Å²) in [5.74, 6) is 0.754. The van der Waals surface area contributed by atoms with Crippen LogP contribution in [0, 0.1) is 0 Å². The highest BCUT2D eigenvalue weighted by Gasteiger charge is 2.15. The number of hydrogen-bond donors (Lipinski definition) is 0. The van der Waals surface area contributed by atoms with Gasteiger partial charge in [0.1, 0.15) is 5.60 Å². The molecule has 0 aromatic heterocycles. The molecular formula is C16H32O6S2. The summed E-state index contributed by atoms with van der Waals surface area (Å²) in [7, 11) is 3.53. The molecule has 0 aliphatic heterocycles. The minimum absolute atomic E-state index is 0.244. The first-order chi connectivity index (χ1) is 11.5. The first kappa shape index (κ1) is 24.0. The van der Waals surface area contributed by atoms with Gasteiger partial charge in [0.25, 0.3) is 0 Å². The Bertz CT molecular complexity index is 297. The SMILES string of the molecule is CSSCCOCCOCCOCCOCCC(=O)OC(C)(C)C. The van der Waals surface area contributed by atoms with Gasteiger partial charge in [0.15, 0.2) is 0 Å². The van der Waals surface area contributed by atoms with Crippen molar-refractivity contribution in [1.29, 1.82) is 0 Å². The zero-order valence-corrected chi connectivity index (χ0v) is 17.0. The number of carbonyl (C=O) groups is 1. The molecule has 0 heterocycles. The van der Waals surface area contributed by atoms with Gasteiger partial charge in [-0.05, 0) is 27.0 Å². The summed E-state index contributed by atoms with van der Waals surface area (Å²) in [6.45, 7) is 9.85. The Labute approximate surface area is 154 Å². The molecule has 0 unspecified atom stereocenters. The highest BCUT2D eigenvalue weighted by atomic mass is 33.1. The molecule has 0 N–H and O–H groups in total. The molecule has 0 amide bonds. The fourth-order valence-electron chi connectivity index (χ4n) is 1.49. The van der Waals surface area contributed by atoms with Crippen molar-refractivity contribution in [2.24, 2.45) is 0 Å². The Hall–Kier alpha value is 0.01000. The maximum absolute atomic E-state index is 11.4. The lowest BCUT2D eigenvalue weighted by Gasteiger charge is -2.19. The third-order valence-electron chi connectivity index (χ3n) is 2.42. The van der Waals surface area contributed by atoms with Gasteiger partial charge in [-0.2, -0.15) is 0 Å². The standard InChI is InChI=1S/C16H32O6S2/c1-16(2,3)22-15(17)5-6-18-7-8-19-9-10-20-11-12-21-13-14-24-23-4/h5-14H2,1-4H3. The summed E-state index contributed by atoms with van der Waals surface area (Å²) in [6.07, 6.45) is 2.32. The molecule has 6 nitrogen and oxygen atoms in total. The summed E-state index contributed by atoms with van der Waals surface area (Å²) < 4.78 is 26.6. The van der Waals surface area contributed by atoms with Crippen molar-refractivity contribution < 1.29 is 28.5 Å². The maximum atomic E-state index is 11.4. The Morgan fingerprint density at radius 1 is 0.792 bits per heavy atom. The zero-order valence-electron chi connectivity index (χ0n) is 15.3. The predicted octanol–water partition coefficient (Wildman–Crippen LogP) is 2.80. The first-order valence-corrected chi connectivity index (χ1v) is 10.9. The van der Waals surface area contributed by atoms with E-state index in [-0.39, 0.29) is 12.4 Å². The topological polar surface area (TPSA) is 63.2 Å². The molecule has 0 aromatic rings. The zero-order chi connectivity index (χ0) is 18.1. The monoisotopic (exact) mass is 384 g/mol. The number of ether oxygens (including phenoxy) is 5. The molecule has 0 saturated heterocycles. The van der Waals surface area contributed by atoms with Gasteiger partial charge in [-0.3, -0.25) is 4.79 Å². The van der Waals surface area contributed by atoms with Gasteiger partial charge in [-0.25, -0.2) is 0 Å². The van der Waals surface area contributed by atoms with E-state index in [4.69, 9.17) is 23.7 Å². The van der Waals surface area contributed by atoms with E-state index in [1.54, 1.807) is 21.6 Å². The van der Waals surface area contributed by atoms with Crippen molar-refractivity contribution >= 4 is 27.6 Å². The molecule has 0 bridgehead atoms. The summed E-state index contributed by atoms with van der Waals surface area (Å²) >= 11 is 0. The number of rotatable bonds is 16. The van der Waals surface area contributed by atoms with Crippen molar-refractivity contribution in [2.75, 3.05) is 64.9 Å². The third kappa shape index (κ3) is 20.1. The third-order valence-corrected chi connectivity index (χ3v) is 4.19. The van der Waals surface area contributed by atoms with E-state index in [2.05, 4.69) is 6.26 Å². The maximum Gasteiger partial charge on any atom is 0.308 e. The Kier molecular flexibility index (Phi) is 16.5. The van der Waals surface area contributed by atoms with Gasteiger partial charge >= 0.3 is 5.97 Å². The van der Waals surface area contributed by atoms with Crippen LogP contribution in [0.15, 0.2) is 0 Å².